The Bertz CT molecular complexity index is 570. The molecular formula is C14H9Cl2FO. The van der Waals surface area contributed by atoms with E-state index in [1.807, 2.05) is 6.92 Å². The highest BCUT2D eigenvalue weighted by atomic mass is 35.5. The molecule has 0 aliphatic carbocycles. The highest BCUT2D eigenvalue weighted by Gasteiger charge is 2.12. The molecule has 0 amide bonds. The quantitative estimate of drug-likeness (QED) is 0.732. The zero-order chi connectivity index (χ0) is 13.3. The van der Waals surface area contributed by atoms with Gasteiger partial charge in [0.1, 0.15) is 5.82 Å². The van der Waals surface area contributed by atoms with E-state index in [1.165, 1.54) is 18.2 Å². The molecule has 0 saturated carbocycles. The standard InChI is InChI=1S/C14H9Cl2FO/c1-8-6-9(2-4-11(8)15)14(18)10-3-5-13(17)12(16)7-10/h2-7H,1H3. The first-order chi connectivity index (χ1) is 8.49. The van der Waals surface area contributed by atoms with Crippen LogP contribution in [0.2, 0.25) is 10.0 Å². The van der Waals surface area contributed by atoms with Crippen molar-refractivity contribution in [3.05, 3.63) is 69.0 Å². The van der Waals surface area contributed by atoms with Crippen molar-refractivity contribution in [3.8, 4) is 0 Å². The summed E-state index contributed by atoms with van der Waals surface area (Å²) in [7, 11) is 0. The first-order valence-electron chi connectivity index (χ1n) is 5.25. The first kappa shape index (κ1) is 13.1. The molecule has 2 aromatic carbocycles. The second kappa shape index (κ2) is 5.09. The van der Waals surface area contributed by atoms with Gasteiger partial charge >= 0.3 is 0 Å². The normalized spacial score (nSPS) is 10.4. The summed E-state index contributed by atoms with van der Waals surface area (Å²) in [6.45, 7) is 1.82. The molecule has 0 atom stereocenters. The van der Waals surface area contributed by atoms with Crippen LogP contribution in [0.4, 0.5) is 4.39 Å². The third kappa shape index (κ3) is 2.55. The summed E-state index contributed by atoms with van der Waals surface area (Å²) in [5, 5.41) is 0.537. The fourth-order valence-electron chi connectivity index (χ4n) is 1.59. The minimum absolute atomic E-state index is 0.0634. The van der Waals surface area contributed by atoms with Crippen LogP contribution in [-0.4, -0.2) is 5.78 Å². The fourth-order valence-corrected chi connectivity index (χ4v) is 1.89. The largest absolute Gasteiger partial charge is 0.289 e. The summed E-state index contributed by atoms with van der Waals surface area (Å²) >= 11 is 11.5. The molecule has 0 N–H and O–H groups in total. The minimum atomic E-state index is -0.541. The van der Waals surface area contributed by atoms with Crippen molar-refractivity contribution in [3.63, 3.8) is 0 Å². The van der Waals surface area contributed by atoms with Crippen molar-refractivity contribution < 1.29 is 9.18 Å². The van der Waals surface area contributed by atoms with Crippen molar-refractivity contribution in [1.29, 1.82) is 0 Å². The molecule has 0 fully saturated rings. The Labute approximate surface area is 114 Å². The van der Waals surface area contributed by atoms with Crippen molar-refractivity contribution >= 4 is 29.0 Å². The molecule has 92 valence electrons. The lowest BCUT2D eigenvalue weighted by atomic mass is 10.0. The molecule has 0 unspecified atom stereocenters. The number of ketones is 1. The highest BCUT2D eigenvalue weighted by Crippen LogP contribution is 2.21. The van der Waals surface area contributed by atoms with Crippen molar-refractivity contribution in [2.45, 2.75) is 6.92 Å². The molecule has 0 saturated heterocycles. The molecule has 2 aromatic rings. The Kier molecular flexibility index (Phi) is 3.69. The predicted molar refractivity (Wildman–Crippen MR) is 71.0 cm³/mol. The molecule has 0 radical (unpaired) electrons. The van der Waals surface area contributed by atoms with Gasteiger partial charge in [-0.05, 0) is 48.9 Å². The maximum atomic E-state index is 13.0. The van der Waals surface area contributed by atoms with Gasteiger partial charge in [-0.2, -0.15) is 0 Å². The van der Waals surface area contributed by atoms with Gasteiger partial charge in [-0.25, -0.2) is 4.39 Å². The third-order valence-electron chi connectivity index (χ3n) is 2.60. The van der Waals surface area contributed by atoms with Crippen molar-refractivity contribution in [2.75, 3.05) is 0 Å². The van der Waals surface area contributed by atoms with E-state index in [2.05, 4.69) is 0 Å². The van der Waals surface area contributed by atoms with Gasteiger partial charge in [-0.15, -0.1) is 0 Å². The van der Waals surface area contributed by atoms with E-state index >= 15 is 0 Å². The van der Waals surface area contributed by atoms with Crippen LogP contribution in [0.15, 0.2) is 36.4 Å². The monoisotopic (exact) mass is 282 g/mol. The predicted octanol–water partition coefficient (Wildman–Crippen LogP) is 4.67. The Morgan fingerprint density at radius 1 is 1.00 bits per heavy atom. The minimum Gasteiger partial charge on any atom is -0.289 e. The van der Waals surface area contributed by atoms with Gasteiger partial charge in [0.15, 0.2) is 5.78 Å². The van der Waals surface area contributed by atoms with Crippen LogP contribution in [0.25, 0.3) is 0 Å². The Hall–Kier alpha value is -1.38. The van der Waals surface area contributed by atoms with Crippen molar-refractivity contribution in [2.24, 2.45) is 0 Å². The number of benzene rings is 2. The average molecular weight is 283 g/mol. The number of rotatable bonds is 2. The first-order valence-corrected chi connectivity index (χ1v) is 6.00. The number of hydrogen-bond acceptors (Lipinski definition) is 1. The summed E-state index contributed by atoms with van der Waals surface area (Å²) in [6, 6.07) is 8.90. The Morgan fingerprint density at radius 2 is 1.61 bits per heavy atom. The van der Waals surface area contributed by atoms with Crippen LogP contribution in [0.3, 0.4) is 0 Å². The topological polar surface area (TPSA) is 17.1 Å². The molecular weight excluding hydrogens is 274 g/mol. The lowest BCUT2D eigenvalue weighted by Gasteiger charge is -2.04. The fraction of sp³-hybridized carbons (Fsp3) is 0.0714. The van der Waals surface area contributed by atoms with E-state index in [0.29, 0.717) is 16.1 Å². The summed E-state index contributed by atoms with van der Waals surface area (Å²) in [6.07, 6.45) is 0. The molecule has 2 rings (SSSR count). The molecule has 0 spiro atoms. The van der Waals surface area contributed by atoms with Crippen LogP contribution >= 0.6 is 23.2 Å². The molecule has 1 nitrogen and oxygen atoms in total. The van der Waals surface area contributed by atoms with Gasteiger partial charge < -0.3 is 0 Å². The van der Waals surface area contributed by atoms with Crippen LogP contribution in [0.1, 0.15) is 21.5 Å². The summed E-state index contributed by atoms with van der Waals surface area (Å²) in [5.74, 6) is -0.753. The van der Waals surface area contributed by atoms with Crippen molar-refractivity contribution in [1.82, 2.24) is 0 Å². The zero-order valence-electron chi connectivity index (χ0n) is 9.51. The smallest absolute Gasteiger partial charge is 0.193 e. The van der Waals surface area contributed by atoms with Gasteiger partial charge in [0, 0.05) is 16.1 Å². The SMILES string of the molecule is Cc1cc(C(=O)c2ccc(F)c(Cl)c2)ccc1Cl. The molecule has 0 heterocycles. The lowest BCUT2D eigenvalue weighted by Crippen LogP contribution is -2.02. The van der Waals surface area contributed by atoms with Gasteiger partial charge in [0.05, 0.1) is 5.02 Å². The van der Waals surface area contributed by atoms with E-state index in [1.54, 1.807) is 18.2 Å². The Morgan fingerprint density at radius 3 is 2.22 bits per heavy atom. The summed E-state index contributed by atoms with van der Waals surface area (Å²) in [5.41, 5.74) is 1.67. The van der Waals surface area contributed by atoms with E-state index in [0.717, 1.165) is 5.56 Å². The molecule has 0 aliphatic heterocycles. The van der Waals surface area contributed by atoms with Crippen LogP contribution < -0.4 is 0 Å². The van der Waals surface area contributed by atoms with Crippen LogP contribution in [0, 0.1) is 12.7 Å². The molecule has 4 heteroatoms. The number of halogens is 3. The Balaban J connectivity index is 2.41. The summed E-state index contributed by atoms with van der Waals surface area (Å²) in [4.78, 5) is 12.1. The maximum absolute atomic E-state index is 13.0. The van der Waals surface area contributed by atoms with E-state index in [4.69, 9.17) is 23.2 Å². The second-order valence-electron chi connectivity index (χ2n) is 3.92. The van der Waals surface area contributed by atoms with E-state index in [9.17, 15) is 9.18 Å². The number of carbonyl (C=O) groups excluding carboxylic acids is 1. The van der Waals surface area contributed by atoms with E-state index in [-0.39, 0.29) is 10.8 Å². The molecule has 18 heavy (non-hydrogen) atoms. The van der Waals surface area contributed by atoms with E-state index < -0.39 is 5.82 Å². The molecule has 0 aromatic heterocycles. The number of aryl methyl sites for hydroxylation is 1. The number of carbonyl (C=O) groups is 1. The van der Waals surface area contributed by atoms with Gasteiger partial charge in [-0.1, -0.05) is 23.2 Å². The lowest BCUT2D eigenvalue weighted by molar-refractivity contribution is 0.103. The van der Waals surface area contributed by atoms with Crippen LogP contribution in [-0.2, 0) is 0 Å². The molecule has 0 bridgehead atoms. The maximum Gasteiger partial charge on any atom is 0.193 e. The third-order valence-corrected chi connectivity index (χ3v) is 3.32. The van der Waals surface area contributed by atoms with Crippen LogP contribution in [0.5, 0.6) is 0 Å². The highest BCUT2D eigenvalue weighted by molar-refractivity contribution is 6.32. The number of hydrogen-bond donors (Lipinski definition) is 0. The van der Waals surface area contributed by atoms with Gasteiger partial charge in [0.2, 0.25) is 0 Å². The average Bonchev–Trinajstić information content (AvgIpc) is 2.35. The summed E-state index contributed by atoms with van der Waals surface area (Å²) < 4.78 is 13.0. The zero-order valence-corrected chi connectivity index (χ0v) is 11.0. The van der Waals surface area contributed by atoms with Gasteiger partial charge in [0.25, 0.3) is 0 Å². The van der Waals surface area contributed by atoms with Gasteiger partial charge in [-0.3, -0.25) is 4.79 Å². The second-order valence-corrected chi connectivity index (χ2v) is 4.74. The molecule has 0 aliphatic rings.